The van der Waals surface area contributed by atoms with Gasteiger partial charge in [0.05, 0.1) is 24.2 Å². The van der Waals surface area contributed by atoms with Crippen LogP contribution in [0.25, 0.3) is 0 Å². The highest BCUT2D eigenvalue weighted by molar-refractivity contribution is 5.95. The molecule has 2 saturated heterocycles. The van der Waals surface area contributed by atoms with Gasteiger partial charge in [0.2, 0.25) is 5.91 Å². The van der Waals surface area contributed by atoms with Crippen molar-refractivity contribution in [1.29, 1.82) is 0 Å². The van der Waals surface area contributed by atoms with Crippen LogP contribution in [-0.2, 0) is 9.53 Å². The first-order chi connectivity index (χ1) is 15.0. The van der Waals surface area contributed by atoms with Gasteiger partial charge in [-0.3, -0.25) is 24.6 Å². The maximum Gasteiger partial charge on any atom is 0.270 e. The Hall–Kier alpha value is -2.52. The van der Waals surface area contributed by atoms with Crippen molar-refractivity contribution in [2.75, 3.05) is 52.5 Å². The van der Waals surface area contributed by atoms with Gasteiger partial charge in [-0.2, -0.15) is 0 Å². The fourth-order valence-electron chi connectivity index (χ4n) is 5.04. The number of morpholine rings is 1. The molecule has 9 heteroatoms. The highest BCUT2D eigenvalue weighted by Crippen LogP contribution is 2.32. The molecule has 3 aliphatic rings. The molecule has 2 aliphatic heterocycles. The summed E-state index contributed by atoms with van der Waals surface area (Å²) in [4.78, 5) is 42.8. The second kappa shape index (κ2) is 9.74. The van der Waals surface area contributed by atoms with Crippen LogP contribution in [0.1, 0.15) is 36.0 Å². The summed E-state index contributed by atoms with van der Waals surface area (Å²) in [5.41, 5.74) is 0.251. The molecule has 0 bridgehead atoms. The van der Waals surface area contributed by atoms with E-state index in [4.69, 9.17) is 4.74 Å². The monoisotopic (exact) mass is 430 g/mol. The number of nitro benzene ring substituents is 1. The fourth-order valence-corrected chi connectivity index (χ4v) is 5.04. The molecule has 168 valence electrons. The molecular formula is C22H30N4O5. The summed E-state index contributed by atoms with van der Waals surface area (Å²) in [5.74, 6) is 0.378. The third-order valence-corrected chi connectivity index (χ3v) is 6.72. The predicted molar refractivity (Wildman–Crippen MR) is 114 cm³/mol. The number of amides is 2. The number of carbonyl (C=O) groups excluding carboxylic acids is 2. The average Bonchev–Trinajstić information content (AvgIpc) is 3.34. The van der Waals surface area contributed by atoms with Gasteiger partial charge in [-0.25, -0.2) is 0 Å². The number of nitro groups is 1. The van der Waals surface area contributed by atoms with Crippen molar-refractivity contribution in [3.8, 4) is 0 Å². The molecule has 1 atom stereocenters. The van der Waals surface area contributed by atoms with E-state index >= 15 is 0 Å². The largest absolute Gasteiger partial charge is 0.378 e. The lowest BCUT2D eigenvalue weighted by atomic mass is 9.94. The lowest BCUT2D eigenvalue weighted by Crippen LogP contribution is -2.59. The van der Waals surface area contributed by atoms with Crippen LogP contribution < -0.4 is 0 Å². The number of non-ortho nitro benzene ring substituents is 1. The predicted octanol–water partition coefficient (Wildman–Crippen LogP) is 1.77. The molecule has 0 unspecified atom stereocenters. The Bertz CT molecular complexity index is 812. The molecule has 9 nitrogen and oxygen atoms in total. The van der Waals surface area contributed by atoms with Gasteiger partial charge in [-0.15, -0.1) is 0 Å². The number of nitrogens with zero attached hydrogens (tertiary/aromatic N) is 4. The number of piperazine rings is 1. The average molecular weight is 431 g/mol. The molecule has 0 spiro atoms. The van der Waals surface area contributed by atoms with E-state index in [1.54, 1.807) is 17.0 Å². The van der Waals surface area contributed by atoms with Crippen molar-refractivity contribution in [3.05, 3.63) is 39.9 Å². The minimum atomic E-state index is -0.488. The Morgan fingerprint density at radius 1 is 1.00 bits per heavy atom. The summed E-state index contributed by atoms with van der Waals surface area (Å²) in [7, 11) is 0. The first kappa shape index (κ1) is 21.7. The topological polar surface area (TPSA) is 96.2 Å². The normalized spacial score (nSPS) is 21.8. The van der Waals surface area contributed by atoms with Gasteiger partial charge in [0, 0.05) is 57.0 Å². The van der Waals surface area contributed by atoms with Crippen LogP contribution in [0.2, 0.25) is 0 Å². The minimum absolute atomic E-state index is 0.0816. The Morgan fingerprint density at radius 3 is 2.32 bits per heavy atom. The van der Waals surface area contributed by atoms with Crippen molar-refractivity contribution in [3.63, 3.8) is 0 Å². The first-order valence-corrected chi connectivity index (χ1v) is 11.2. The lowest BCUT2D eigenvalue weighted by Gasteiger charge is -2.43. The van der Waals surface area contributed by atoms with Crippen LogP contribution in [0.15, 0.2) is 24.3 Å². The summed E-state index contributed by atoms with van der Waals surface area (Å²) < 4.78 is 5.41. The van der Waals surface area contributed by atoms with Crippen molar-refractivity contribution in [2.24, 2.45) is 5.92 Å². The molecule has 4 rings (SSSR count). The zero-order valence-corrected chi connectivity index (χ0v) is 17.8. The van der Waals surface area contributed by atoms with Crippen LogP contribution in [0.5, 0.6) is 0 Å². The van der Waals surface area contributed by atoms with Crippen LogP contribution in [0, 0.1) is 16.0 Å². The number of hydrogen-bond acceptors (Lipinski definition) is 6. The van der Waals surface area contributed by atoms with Gasteiger partial charge >= 0.3 is 0 Å². The molecule has 31 heavy (non-hydrogen) atoms. The maximum atomic E-state index is 13.4. The van der Waals surface area contributed by atoms with Crippen LogP contribution in [-0.4, -0.2) is 90.0 Å². The van der Waals surface area contributed by atoms with E-state index in [2.05, 4.69) is 4.90 Å². The van der Waals surface area contributed by atoms with Crippen LogP contribution >= 0.6 is 0 Å². The van der Waals surface area contributed by atoms with Gasteiger partial charge < -0.3 is 14.5 Å². The van der Waals surface area contributed by atoms with E-state index in [1.807, 2.05) is 4.90 Å². The molecule has 2 amide bonds. The number of hydrogen-bond donors (Lipinski definition) is 0. The standard InChI is InChI=1S/C22H30N4O5/c27-21(18-6-3-7-19(16-18)26(29)30)24-10-8-23(9-11-24)20(17-4-1-2-5-17)22(28)25-12-14-31-15-13-25/h3,6-7,16-17,20H,1-2,4-5,8-15H2/t20-/m1/s1. The zero-order valence-electron chi connectivity index (χ0n) is 17.8. The molecule has 2 heterocycles. The molecule has 0 aromatic heterocycles. The molecule has 0 N–H and O–H groups in total. The SMILES string of the molecule is O=C(c1cccc([N+](=O)[O-])c1)N1CCN([C@@H](C(=O)N2CCOCC2)C2CCCC2)CC1. The Morgan fingerprint density at radius 2 is 1.68 bits per heavy atom. The third-order valence-electron chi connectivity index (χ3n) is 6.72. The van der Waals surface area contributed by atoms with E-state index in [0.717, 1.165) is 12.8 Å². The summed E-state index contributed by atoms with van der Waals surface area (Å²) in [6.07, 6.45) is 4.49. The Balaban J connectivity index is 1.42. The highest BCUT2D eigenvalue weighted by Gasteiger charge is 2.39. The van der Waals surface area contributed by atoms with Gasteiger partial charge in [-0.05, 0) is 24.8 Å². The smallest absolute Gasteiger partial charge is 0.270 e. The van der Waals surface area contributed by atoms with E-state index in [0.29, 0.717) is 64.0 Å². The van der Waals surface area contributed by atoms with Crippen molar-refractivity contribution in [2.45, 2.75) is 31.7 Å². The summed E-state index contributed by atoms with van der Waals surface area (Å²) in [6.45, 7) is 4.78. The second-order valence-electron chi connectivity index (χ2n) is 8.56. The highest BCUT2D eigenvalue weighted by atomic mass is 16.6. The van der Waals surface area contributed by atoms with Crippen molar-refractivity contribution < 1.29 is 19.2 Å². The molecule has 1 saturated carbocycles. The third kappa shape index (κ3) is 4.88. The van der Waals surface area contributed by atoms with Gasteiger partial charge in [0.15, 0.2) is 0 Å². The Labute approximate surface area is 182 Å². The maximum absolute atomic E-state index is 13.4. The molecule has 3 fully saturated rings. The first-order valence-electron chi connectivity index (χ1n) is 11.2. The molecule has 1 aromatic carbocycles. The van der Waals surface area contributed by atoms with Gasteiger partial charge in [-0.1, -0.05) is 18.9 Å². The van der Waals surface area contributed by atoms with E-state index in [1.165, 1.54) is 25.0 Å². The van der Waals surface area contributed by atoms with Crippen LogP contribution in [0.4, 0.5) is 5.69 Å². The molecule has 1 aromatic rings. The lowest BCUT2D eigenvalue weighted by molar-refractivity contribution is -0.384. The van der Waals surface area contributed by atoms with E-state index in [9.17, 15) is 19.7 Å². The summed E-state index contributed by atoms with van der Waals surface area (Å²) >= 11 is 0. The molecule has 1 aliphatic carbocycles. The number of carbonyl (C=O) groups is 2. The summed E-state index contributed by atoms with van der Waals surface area (Å²) in [6, 6.07) is 5.75. The van der Waals surface area contributed by atoms with Crippen LogP contribution in [0.3, 0.4) is 0 Å². The van der Waals surface area contributed by atoms with Crippen molar-refractivity contribution in [1.82, 2.24) is 14.7 Å². The van der Waals surface area contributed by atoms with E-state index < -0.39 is 4.92 Å². The molecular weight excluding hydrogens is 400 g/mol. The summed E-state index contributed by atoms with van der Waals surface area (Å²) in [5, 5.41) is 11.0. The second-order valence-corrected chi connectivity index (χ2v) is 8.56. The zero-order chi connectivity index (χ0) is 21.8. The van der Waals surface area contributed by atoms with Gasteiger partial charge in [0.25, 0.3) is 11.6 Å². The number of rotatable bonds is 5. The van der Waals surface area contributed by atoms with Gasteiger partial charge in [0.1, 0.15) is 0 Å². The minimum Gasteiger partial charge on any atom is -0.378 e. The Kier molecular flexibility index (Phi) is 6.82. The number of ether oxygens (including phenoxy) is 1. The number of benzene rings is 1. The van der Waals surface area contributed by atoms with Crippen molar-refractivity contribution >= 4 is 17.5 Å². The van der Waals surface area contributed by atoms with E-state index in [-0.39, 0.29) is 23.5 Å². The molecule has 0 radical (unpaired) electrons. The fraction of sp³-hybridized carbons (Fsp3) is 0.636. The quantitative estimate of drug-likeness (QED) is 0.522.